The maximum Gasteiger partial charge on any atom is 0.194 e. The molecule has 0 atom stereocenters. The summed E-state index contributed by atoms with van der Waals surface area (Å²) in [7, 11) is 0. The molecule has 3 heteroatoms. The van der Waals surface area contributed by atoms with Gasteiger partial charge in [-0.2, -0.15) is 0 Å². The predicted molar refractivity (Wildman–Crippen MR) is 92.0 cm³/mol. The highest BCUT2D eigenvalue weighted by molar-refractivity contribution is 5.69. The first-order valence-corrected chi connectivity index (χ1v) is 9.13. The van der Waals surface area contributed by atoms with Crippen LogP contribution in [0.5, 0.6) is 0 Å². The van der Waals surface area contributed by atoms with Gasteiger partial charge in [0.2, 0.25) is 0 Å². The smallest absolute Gasteiger partial charge is 0.194 e. The molecule has 24 heavy (non-hydrogen) atoms. The van der Waals surface area contributed by atoms with E-state index in [0.717, 1.165) is 36.5 Å². The average molecular weight is 334 g/mol. The molecule has 1 aromatic carbocycles. The number of halogens is 3. The van der Waals surface area contributed by atoms with Gasteiger partial charge >= 0.3 is 0 Å². The topological polar surface area (TPSA) is 0 Å². The summed E-state index contributed by atoms with van der Waals surface area (Å²) in [4.78, 5) is 0. The van der Waals surface area contributed by atoms with Gasteiger partial charge in [0.25, 0.3) is 0 Å². The number of allylic oxidation sites excluding steroid dienone is 4. The van der Waals surface area contributed by atoms with Crippen LogP contribution in [0.3, 0.4) is 0 Å². The second-order valence-electron chi connectivity index (χ2n) is 7.19. The van der Waals surface area contributed by atoms with Gasteiger partial charge in [-0.15, -0.1) is 0 Å². The van der Waals surface area contributed by atoms with E-state index < -0.39 is 17.5 Å². The first kappa shape index (κ1) is 17.3. The second-order valence-corrected chi connectivity index (χ2v) is 7.19. The lowest BCUT2D eigenvalue weighted by Gasteiger charge is -2.31. The highest BCUT2D eigenvalue weighted by atomic mass is 19.2. The van der Waals surface area contributed by atoms with Crippen LogP contribution in [0.2, 0.25) is 0 Å². The van der Waals surface area contributed by atoms with Crippen molar-refractivity contribution in [2.24, 2.45) is 11.8 Å². The van der Waals surface area contributed by atoms with Crippen molar-refractivity contribution in [1.29, 1.82) is 0 Å². The minimum absolute atomic E-state index is 0.452. The summed E-state index contributed by atoms with van der Waals surface area (Å²) in [5.74, 6) is -2.07. The monoisotopic (exact) mass is 334 g/mol. The van der Waals surface area contributed by atoms with Crippen LogP contribution in [0.1, 0.15) is 63.9 Å². The van der Waals surface area contributed by atoms with Crippen molar-refractivity contribution in [3.05, 3.63) is 52.9 Å². The van der Waals surface area contributed by atoms with Crippen LogP contribution in [0.25, 0.3) is 5.57 Å². The van der Waals surface area contributed by atoms with Crippen molar-refractivity contribution in [1.82, 2.24) is 0 Å². The summed E-state index contributed by atoms with van der Waals surface area (Å²) in [6, 6.07) is 2.19. The third-order valence-electron chi connectivity index (χ3n) is 5.60. The van der Waals surface area contributed by atoms with Gasteiger partial charge in [0.05, 0.1) is 0 Å². The number of hydrogen-bond acceptors (Lipinski definition) is 0. The summed E-state index contributed by atoms with van der Waals surface area (Å²) in [6.45, 7) is 2.25. The van der Waals surface area contributed by atoms with E-state index >= 15 is 0 Å². The molecule has 1 aromatic rings. The first-order chi connectivity index (χ1) is 11.6. The summed E-state index contributed by atoms with van der Waals surface area (Å²) < 4.78 is 39.9. The van der Waals surface area contributed by atoms with Gasteiger partial charge in [-0.25, -0.2) is 13.2 Å². The summed E-state index contributed by atoms with van der Waals surface area (Å²) in [6.07, 6.45) is 13.6. The molecule has 0 saturated heterocycles. The summed E-state index contributed by atoms with van der Waals surface area (Å²) >= 11 is 0. The summed E-state index contributed by atoms with van der Waals surface area (Å²) in [5.41, 5.74) is 2.81. The highest BCUT2D eigenvalue weighted by Crippen LogP contribution is 2.39. The zero-order chi connectivity index (χ0) is 17.1. The Morgan fingerprint density at radius 1 is 0.917 bits per heavy atom. The van der Waals surface area contributed by atoms with Gasteiger partial charge in [-0.1, -0.05) is 37.5 Å². The largest absolute Gasteiger partial charge is 0.204 e. The van der Waals surface area contributed by atoms with Crippen LogP contribution in [0.4, 0.5) is 13.2 Å². The average Bonchev–Trinajstić information content (AvgIpc) is 2.60. The van der Waals surface area contributed by atoms with E-state index in [1.807, 2.05) is 6.08 Å². The molecule has 3 rings (SSSR count). The molecule has 0 aliphatic heterocycles. The fraction of sp³-hybridized carbons (Fsp3) is 0.524. The first-order valence-electron chi connectivity index (χ1n) is 9.13. The van der Waals surface area contributed by atoms with E-state index in [0.29, 0.717) is 11.5 Å². The zero-order valence-corrected chi connectivity index (χ0v) is 14.3. The Morgan fingerprint density at radius 3 is 2.12 bits per heavy atom. The Kier molecular flexibility index (Phi) is 5.47. The van der Waals surface area contributed by atoms with Gasteiger partial charge in [0.1, 0.15) is 0 Å². The second kappa shape index (κ2) is 7.58. The van der Waals surface area contributed by atoms with Gasteiger partial charge in [-0.05, 0) is 73.6 Å². The summed E-state index contributed by atoms with van der Waals surface area (Å²) in [5, 5.41) is 0. The third kappa shape index (κ3) is 3.76. The molecular formula is C21H25F3. The van der Waals surface area contributed by atoms with Crippen LogP contribution in [-0.4, -0.2) is 0 Å². The molecule has 1 saturated carbocycles. The Balaban J connectivity index is 1.69. The van der Waals surface area contributed by atoms with Crippen molar-refractivity contribution < 1.29 is 13.2 Å². The molecule has 0 radical (unpaired) electrons. The van der Waals surface area contributed by atoms with E-state index in [1.165, 1.54) is 44.1 Å². The lowest BCUT2D eigenvalue weighted by Crippen LogP contribution is -2.17. The van der Waals surface area contributed by atoms with E-state index in [1.54, 1.807) is 0 Å². The van der Waals surface area contributed by atoms with Crippen LogP contribution in [0, 0.1) is 29.3 Å². The van der Waals surface area contributed by atoms with Crippen molar-refractivity contribution in [2.75, 3.05) is 0 Å². The lowest BCUT2D eigenvalue weighted by molar-refractivity contribution is 0.283. The molecule has 0 nitrogen and oxygen atoms in total. The maximum atomic E-state index is 13.4. The minimum Gasteiger partial charge on any atom is -0.204 e. The highest BCUT2D eigenvalue weighted by Gasteiger charge is 2.24. The fourth-order valence-corrected chi connectivity index (χ4v) is 4.21. The molecule has 0 heterocycles. The maximum absolute atomic E-state index is 13.4. The molecule has 0 unspecified atom stereocenters. The molecule has 0 spiro atoms. The molecule has 0 amide bonds. The van der Waals surface area contributed by atoms with Crippen LogP contribution in [0.15, 0.2) is 29.9 Å². The fourth-order valence-electron chi connectivity index (χ4n) is 4.21. The van der Waals surface area contributed by atoms with Crippen molar-refractivity contribution >= 4 is 5.57 Å². The SMILES string of the molecule is CCCC1CCC(C2=CC=C(c3cc(F)c(F)c(F)c3)CC2)CC1. The molecule has 130 valence electrons. The van der Waals surface area contributed by atoms with Crippen molar-refractivity contribution in [3.63, 3.8) is 0 Å². The molecule has 0 N–H and O–H groups in total. The molecular weight excluding hydrogens is 309 g/mol. The van der Waals surface area contributed by atoms with E-state index in [9.17, 15) is 13.2 Å². The lowest BCUT2D eigenvalue weighted by atomic mass is 9.74. The minimum atomic E-state index is -1.39. The van der Waals surface area contributed by atoms with Gasteiger partial charge in [0.15, 0.2) is 17.5 Å². The Labute approximate surface area is 142 Å². The third-order valence-corrected chi connectivity index (χ3v) is 5.60. The standard InChI is InChI=1S/C21H25F3/c1-2-3-14-4-6-15(7-5-14)16-8-10-17(11-9-16)18-12-19(22)21(24)20(23)13-18/h8,10,12-15H,2-7,9,11H2,1H3. The molecule has 0 bridgehead atoms. The van der Waals surface area contributed by atoms with E-state index in [-0.39, 0.29) is 0 Å². The van der Waals surface area contributed by atoms with Gasteiger partial charge in [0, 0.05) is 0 Å². The van der Waals surface area contributed by atoms with Crippen LogP contribution < -0.4 is 0 Å². The van der Waals surface area contributed by atoms with E-state index in [4.69, 9.17) is 0 Å². The predicted octanol–water partition coefficient (Wildman–Crippen LogP) is 6.81. The van der Waals surface area contributed by atoms with Crippen molar-refractivity contribution in [2.45, 2.75) is 58.3 Å². The van der Waals surface area contributed by atoms with Crippen LogP contribution >= 0.6 is 0 Å². The zero-order valence-electron chi connectivity index (χ0n) is 14.3. The number of hydrogen-bond donors (Lipinski definition) is 0. The van der Waals surface area contributed by atoms with Crippen molar-refractivity contribution in [3.8, 4) is 0 Å². The Hall–Kier alpha value is -1.51. The molecule has 2 aliphatic rings. The molecule has 2 aliphatic carbocycles. The Bertz CT molecular complexity index is 626. The van der Waals surface area contributed by atoms with Crippen LogP contribution in [-0.2, 0) is 0 Å². The Morgan fingerprint density at radius 2 is 1.58 bits per heavy atom. The normalized spacial score (nSPS) is 24.5. The number of rotatable bonds is 4. The number of benzene rings is 1. The van der Waals surface area contributed by atoms with Gasteiger partial charge < -0.3 is 0 Å². The molecule has 0 aromatic heterocycles. The van der Waals surface area contributed by atoms with Gasteiger partial charge in [-0.3, -0.25) is 0 Å². The van der Waals surface area contributed by atoms with E-state index in [2.05, 4.69) is 13.0 Å². The quantitative estimate of drug-likeness (QED) is 0.530. The molecule has 1 fully saturated rings.